The molecule has 0 N–H and O–H groups in total. The summed E-state index contributed by atoms with van der Waals surface area (Å²) in [4.78, 5) is 0. The first-order valence-electron chi connectivity index (χ1n) is 12.2. The summed E-state index contributed by atoms with van der Waals surface area (Å²) in [6, 6.07) is 6.52. The molecule has 2 aliphatic carbocycles. The molecule has 182 valence electrons. The van der Waals surface area contributed by atoms with Gasteiger partial charge < -0.3 is 4.74 Å². The quantitative estimate of drug-likeness (QED) is 0.290. The van der Waals surface area contributed by atoms with Crippen LogP contribution in [0.15, 0.2) is 43.0 Å². The highest BCUT2D eigenvalue weighted by Crippen LogP contribution is 2.40. The minimum Gasteiger partial charge on any atom is -0.494 e. The molecule has 2 aromatic carbocycles. The van der Waals surface area contributed by atoms with Gasteiger partial charge in [-0.3, -0.25) is 0 Å². The van der Waals surface area contributed by atoms with Crippen LogP contribution in [0.5, 0.6) is 5.75 Å². The largest absolute Gasteiger partial charge is 0.494 e. The van der Waals surface area contributed by atoms with Crippen molar-refractivity contribution < 1.29 is 22.3 Å². The fraction of sp³-hybridized carbons (Fsp3) is 0.448. The highest BCUT2D eigenvalue weighted by Gasteiger charge is 2.27. The van der Waals surface area contributed by atoms with E-state index in [1.807, 2.05) is 12.2 Å². The molecule has 1 fully saturated rings. The van der Waals surface area contributed by atoms with E-state index < -0.39 is 23.3 Å². The number of benzene rings is 2. The standard InChI is InChI=1S/C29H32F4O/c1-3-18-4-9-20(10-5-18)23-15-14-22(26(30)27(23)31)13-8-19-6-11-21(12-7-19)24-16-17-25(34-2)29(33)28(24)32/h3,9,14-19,21H,1,4-8,10-13H2,2H3. The predicted molar refractivity (Wildman–Crippen MR) is 128 cm³/mol. The van der Waals surface area contributed by atoms with Crippen LogP contribution in [0, 0.1) is 35.1 Å². The van der Waals surface area contributed by atoms with Gasteiger partial charge in [0.05, 0.1) is 7.11 Å². The Hall–Kier alpha value is -2.56. The lowest BCUT2D eigenvalue weighted by Crippen LogP contribution is -2.16. The van der Waals surface area contributed by atoms with Gasteiger partial charge in [-0.1, -0.05) is 30.4 Å². The van der Waals surface area contributed by atoms with Crippen molar-refractivity contribution in [3.8, 4) is 5.75 Å². The topological polar surface area (TPSA) is 9.23 Å². The molecule has 1 unspecified atom stereocenters. The zero-order valence-corrected chi connectivity index (χ0v) is 19.7. The molecule has 1 nitrogen and oxygen atoms in total. The summed E-state index contributed by atoms with van der Waals surface area (Å²) in [6.07, 6.45) is 10.8. The number of aryl methyl sites for hydroxylation is 1. The minimum atomic E-state index is -0.937. The van der Waals surface area contributed by atoms with Crippen LogP contribution in [0.25, 0.3) is 5.57 Å². The maximum absolute atomic E-state index is 14.8. The summed E-state index contributed by atoms with van der Waals surface area (Å²) < 4.78 is 63.1. The molecule has 2 aromatic rings. The second-order valence-corrected chi connectivity index (χ2v) is 9.64. The molecule has 1 atom stereocenters. The van der Waals surface area contributed by atoms with Gasteiger partial charge in [0, 0.05) is 5.56 Å². The summed E-state index contributed by atoms with van der Waals surface area (Å²) >= 11 is 0. The van der Waals surface area contributed by atoms with Gasteiger partial charge in [0.15, 0.2) is 23.2 Å². The molecule has 4 rings (SSSR count). The van der Waals surface area contributed by atoms with Crippen molar-refractivity contribution in [2.45, 2.75) is 63.7 Å². The number of methoxy groups -OCH3 is 1. The SMILES string of the molecule is C=CC1CC=C(c2ccc(CCC3CCC(c4ccc(OC)c(F)c4F)CC3)c(F)c2F)CC1. The third-order valence-electron chi connectivity index (χ3n) is 7.70. The van der Waals surface area contributed by atoms with Crippen molar-refractivity contribution in [3.05, 3.63) is 83.0 Å². The second kappa shape index (κ2) is 10.8. The molecule has 0 spiro atoms. The van der Waals surface area contributed by atoms with Crippen molar-refractivity contribution in [1.29, 1.82) is 0 Å². The first-order valence-corrected chi connectivity index (χ1v) is 12.2. The second-order valence-electron chi connectivity index (χ2n) is 9.64. The fourth-order valence-electron chi connectivity index (χ4n) is 5.49. The first kappa shape index (κ1) is 24.6. The lowest BCUT2D eigenvalue weighted by molar-refractivity contribution is 0.302. The molecule has 0 aromatic heterocycles. The number of hydrogen-bond acceptors (Lipinski definition) is 1. The van der Waals surface area contributed by atoms with Crippen LogP contribution in [-0.2, 0) is 6.42 Å². The van der Waals surface area contributed by atoms with Gasteiger partial charge in [0.2, 0.25) is 5.82 Å². The van der Waals surface area contributed by atoms with Crippen molar-refractivity contribution in [2.24, 2.45) is 11.8 Å². The number of rotatable bonds is 7. The predicted octanol–water partition coefficient (Wildman–Crippen LogP) is 8.53. The lowest BCUT2D eigenvalue weighted by Gasteiger charge is -2.29. The third-order valence-corrected chi connectivity index (χ3v) is 7.70. The fourth-order valence-corrected chi connectivity index (χ4v) is 5.49. The van der Waals surface area contributed by atoms with E-state index in [1.54, 1.807) is 18.2 Å². The summed E-state index contributed by atoms with van der Waals surface area (Å²) in [5.41, 5.74) is 2.06. The Balaban J connectivity index is 1.34. The Morgan fingerprint density at radius 1 is 0.912 bits per heavy atom. The molecule has 0 saturated heterocycles. The molecular formula is C29H32F4O. The summed E-state index contributed by atoms with van der Waals surface area (Å²) in [7, 11) is 1.32. The lowest BCUT2D eigenvalue weighted by atomic mass is 9.76. The highest BCUT2D eigenvalue weighted by molar-refractivity contribution is 5.67. The van der Waals surface area contributed by atoms with E-state index in [4.69, 9.17) is 4.74 Å². The zero-order chi connectivity index (χ0) is 24.2. The molecule has 5 heteroatoms. The van der Waals surface area contributed by atoms with Crippen molar-refractivity contribution in [1.82, 2.24) is 0 Å². The van der Waals surface area contributed by atoms with E-state index in [0.29, 0.717) is 34.9 Å². The summed E-state index contributed by atoms with van der Waals surface area (Å²) in [5, 5.41) is 0. The van der Waals surface area contributed by atoms with Crippen LogP contribution in [0.3, 0.4) is 0 Å². The van der Waals surface area contributed by atoms with Gasteiger partial charge in [0.1, 0.15) is 0 Å². The smallest absolute Gasteiger partial charge is 0.200 e. The van der Waals surface area contributed by atoms with E-state index in [1.165, 1.54) is 13.2 Å². The number of halogens is 4. The van der Waals surface area contributed by atoms with E-state index in [-0.39, 0.29) is 11.7 Å². The van der Waals surface area contributed by atoms with Crippen molar-refractivity contribution in [2.75, 3.05) is 7.11 Å². The van der Waals surface area contributed by atoms with E-state index in [9.17, 15) is 17.6 Å². The van der Waals surface area contributed by atoms with Crippen LogP contribution in [0.4, 0.5) is 17.6 Å². The zero-order valence-electron chi connectivity index (χ0n) is 19.7. The number of allylic oxidation sites excluding steroid dienone is 3. The molecule has 34 heavy (non-hydrogen) atoms. The Kier molecular flexibility index (Phi) is 7.80. The van der Waals surface area contributed by atoms with Crippen LogP contribution in [0.1, 0.15) is 74.0 Å². The molecule has 1 saturated carbocycles. The minimum absolute atomic E-state index is 0.0328. The maximum Gasteiger partial charge on any atom is 0.200 e. The first-order chi connectivity index (χ1) is 16.4. The molecular weight excluding hydrogens is 440 g/mol. The Bertz CT molecular complexity index is 1070. The van der Waals surface area contributed by atoms with Gasteiger partial charge in [-0.2, -0.15) is 4.39 Å². The molecule has 0 aliphatic heterocycles. The molecule has 0 radical (unpaired) electrons. The van der Waals surface area contributed by atoms with E-state index >= 15 is 0 Å². The van der Waals surface area contributed by atoms with Crippen molar-refractivity contribution >= 4 is 5.57 Å². The van der Waals surface area contributed by atoms with Gasteiger partial charge in [0.25, 0.3) is 0 Å². The number of ether oxygens (including phenoxy) is 1. The third kappa shape index (κ3) is 5.08. The Labute approximate surface area is 199 Å². The Morgan fingerprint density at radius 2 is 1.68 bits per heavy atom. The van der Waals surface area contributed by atoms with Crippen LogP contribution in [0.2, 0.25) is 0 Å². The Morgan fingerprint density at radius 3 is 2.32 bits per heavy atom. The maximum atomic E-state index is 14.8. The normalized spacial score (nSPS) is 22.9. The molecule has 0 bridgehead atoms. The highest BCUT2D eigenvalue weighted by atomic mass is 19.2. The van der Waals surface area contributed by atoms with Gasteiger partial charge >= 0.3 is 0 Å². The van der Waals surface area contributed by atoms with E-state index in [0.717, 1.165) is 56.9 Å². The van der Waals surface area contributed by atoms with Crippen LogP contribution < -0.4 is 4.74 Å². The monoisotopic (exact) mass is 472 g/mol. The van der Waals surface area contributed by atoms with Gasteiger partial charge in [-0.25, -0.2) is 13.2 Å². The van der Waals surface area contributed by atoms with E-state index in [2.05, 4.69) is 6.58 Å². The molecule has 0 heterocycles. The van der Waals surface area contributed by atoms with Gasteiger partial charge in [-0.15, -0.1) is 6.58 Å². The average molecular weight is 473 g/mol. The average Bonchev–Trinajstić information content (AvgIpc) is 2.87. The van der Waals surface area contributed by atoms with Crippen molar-refractivity contribution in [3.63, 3.8) is 0 Å². The number of hydrogen-bond donors (Lipinski definition) is 0. The summed E-state index contributed by atoms with van der Waals surface area (Å²) in [6.45, 7) is 3.82. The molecule has 0 amide bonds. The summed E-state index contributed by atoms with van der Waals surface area (Å²) in [5.74, 6) is -2.60. The van der Waals surface area contributed by atoms with Gasteiger partial charge in [-0.05, 0) is 98.3 Å². The molecule has 2 aliphatic rings. The van der Waals surface area contributed by atoms with Crippen LogP contribution >= 0.6 is 0 Å². The van der Waals surface area contributed by atoms with Crippen LogP contribution in [-0.4, -0.2) is 7.11 Å².